The Bertz CT molecular complexity index is 1330. The van der Waals surface area contributed by atoms with Crippen molar-refractivity contribution in [2.24, 2.45) is 45.8 Å². The molecule has 2 aromatic rings. The Hall–Kier alpha value is -2.61. The summed E-state index contributed by atoms with van der Waals surface area (Å²) in [4.78, 5) is 25.5. The Morgan fingerprint density at radius 2 is 1.72 bits per heavy atom. The number of pyridine rings is 2. The summed E-state index contributed by atoms with van der Waals surface area (Å²) in [5.74, 6) is 0.773. The van der Waals surface area contributed by atoms with E-state index in [2.05, 4.69) is 53.8 Å². The number of allylic oxidation sites excluding steroid dienone is 1. The number of nitrogens with zero attached hydrogens (tertiary/aromatic N) is 3. The molecule has 0 amide bonds. The first-order valence-electron chi connectivity index (χ1n) is 16.5. The summed E-state index contributed by atoms with van der Waals surface area (Å²) in [6.45, 7) is 8.73. The van der Waals surface area contributed by atoms with Gasteiger partial charge in [0.25, 0.3) is 0 Å². The number of aliphatic hydroxyl groups is 1. The van der Waals surface area contributed by atoms with E-state index >= 15 is 0 Å². The van der Waals surface area contributed by atoms with E-state index < -0.39 is 22.2 Å². The predicted octanol–water partition coefficient (Wildman–Crippen LogP) is 5.74. The summed E-state index contributed by atoms with van der Waals surface area (Å²) in [5.41, 5.74) is 0.885. The number of carboxylic acid groups (broad SMARTS) is 1. The minimum Gasteiger partial charge on any atom is -0.481 e. The zero-order chi connectivity index (χ0) is 30.0. The monoisotopic (exact) mass is 585 g/mol. The molecule has 0 radical (unpaired) electrons. The van der Waals surface area contributed by atoms with Crippen molar-refractivity contribution in [3.63, 3.8) is 0 Å². The predicted molar refractivity (Wildman–Crippen MR) is 164 cm³/mol. The van der Waals surface area contributed by atoms with Crippen LogP contribution < -0.4 is 0 Å². The highest BCUT2D eigenvalue weighted by Crippen LogP contribution is 2.84. The molecule has 9 atom stereocenters. The third kappa shape index (κ3) is 4.07. The van der Waals surface area contributed by atoms with Gasteiger partial charge in [0, 0.05) is 42.9 Å². The molecule has 7 heteroatoms. The molecule has 1 aliphatic heterocycles. The highest BCUT2D eigenvalue weighted by molar-refractivity contribution is 5.85. The van der Waals surface area contributed by atoms with Crippen molar-refractivity contribution in [2.45, 2.75) is 84.6 Å². The van der Waals surface area contributed by atoms with Crippen LogP contribution in [0.2, 0.25) is 0 Å². The number of carbonyl (C=O) groups is 1. The smallest absolute Gasteiger partial charge is 0.315 e. The van der Waals surface area contributed by atoms with E-state index in [0.29, 0.717) is 24.9 Å². The first-order chi connectivity index (χ1) is 20.8. The van der Waals surface area contributed by atoms with Crippen molar-refractivity contribution in [3.8, 4) is 0 Å². The van der Waals surface area contributed by atoms with E-state index in [-0.39, 0.29) is 36.6 Å². The maximum atomic E-state index is 13.9. The quantitative estimate of drug-likeness (QED) is 0.343. The third-order valence-corrected chi connectivity index (χ3v) is 12.6. The molecule has 4 bridgehead atoms. The average Bonchev–Trinajstić information content (AvgIpc) is 3.73. The van der Waals surface area contributed by atoms with Crippen LogP contribution in [0.25, 0.3) is 0 Å². The maximum Gasteiger partial charge on any atom is 0.315 e. The van der Waals surface area contributed by atoms with E-state index in [1.807, 2.05) is 36.7 Å². The Balaban J connectivity index is 1.22. The van der Waals surface area contributed by atoms with Crippen molar-refractivity contribution in [3.05, 3.63) is 71.8 Å². The number of rotatable bonds is 10. The molecular weight excluding hydrogens is 538 g/mol. The highest BCUT2D eigenvalue weighted by Gasteiger charge is 2.85. The molecule has 3 saturated carbocycles. The van der Waals surface area contributed by atoms with Gasteiger partial charge in [-0.3, -0.25) is 19.7 Å². The van der Waals surface area contributed by atoms with Crippen LogP contribution in [0.1, 0.15) is 70.7 Å². The molecule has 2 aromatic heterocycles. The van der Waals surface area contributed by atoms with Gasteiger partial charge in [-0.25, -0.2) is 0 Å². The molecule has 4 fully saturated rings. The van der Waals surface area contributed by atoms with Gasteiger partial charge in [0.15, 0.2) is 0 Å². The zero-order valence-corrected chi connectivity index (χ0v) is 25.9. The van der Waals surface area contributed by atoms with Gasteiger partial charge in [0.1, 0.15) is 5.41 Å². The van der Waals surface area contributed by atoms with Crippen LogP contribution in [0.5, 0.6) is 0 Å². The molecule has 3 heterocycles. The largest absolute Gasteiger partial charge is 0.481 e. The molecule has 0 aromatic carbocycles. The highest BCUT2D eigenvalue weighted by atomic mass is 16.5. The van der Waals surface area contributed by atoms with Crippen molar-refractivity contribution in [1.29, 1.82) is 0 Å². The molecule has 6 unspecified atom stereocenters. The van der Waals surface area contributed by atoms with Gasteiger partial charge in [-0.15, -0.1) is 0 Å². The number of carboxylic acids is 1. The van der Waals surface area contributed by atoms with Gasteiger partial charge in [-0.2, -0.15) is 0 Å². The van der Waals surface area contributed by atoms with E-state index in [1.165, 1.54) is 0 Å². The number of hydrogen-bond acceptors (Lipinski definition) is 6. The summed E-state index contributed by atoms with van der Waals surface area (Å²) in [6, 6.07) is 12.1. The lowest BCUT2D eigenvalue weighted by molar-refractivity contribution is -0.206. The summed E-state index contributed by atoms with van der Waals surface area (Å²) in [5, 5.41) is 22.7. The van der Waals surface area contributed by atoms with Gasteiger partial charge >= 0.3 is 5.97 Å². The Labute approximate surface area is 255 Å². The number of ether oxygens (including phenoxy) is 1. The van der Waals surface area contributed by atoms with E-state index in [9.17, 15) is 15.0 Å². The fraction of sp³-hybridized carbons (Fsp3) is 0.639. The van der Waals surface area contributed by atoms with Gasteiger partial charge in [-0.05, 0) is 86.0 Å². The summed E-state index contributed by atoms with van der Waals surface area (Å²) in [6.07, 6.45) is 11.5. The molecule has 1 saturated heterocycles. The van der Waals surface area contributed by atoms with E-state index in [4.69, 9.17) is 4.74 Å². The molecule has 43 heavy (non-hydrogen) atoms. The molecule has 2 N–H and O–H groups in total. The molecule has 0 spiro atoms. The van der Waals surface area contributed by atoms with Gasteiger partial charge in [0.2, 0.25) is 0 Å². The number of aromatic nitrogens is 2. The number of fused-ring (bicyclic) bond motifs is 2. The number of aliphatic hydroxyl groups excluding tert-OH is 1. The molecule has 7 nitrogen and oxygen atoms in total. The Morgan fingerprint density at radius 1 is 1.02 bits per heavy atom. The van der Waals surface area contributed by atoms with Gasteiger partial charge in [0.05, 0.1) is 30.2 Å². The third-order valence-electron chi connectivity index (χ3n) is 12.6. The van der Waals surface area contributed by atoms with Crippen molar-refractivity contribution in [2.75, 3.05) is 13.2 Å². The summed E-state index contributed by atoms with van der Waals surface area (Å²) >= 11 is 0. The van der Waals surface area contributed by atoms with Crippen LogP contribution in [-0.2, 0) is 22.6 Å². The Morgan fingerprint density at radius 3 is 2.30 bits per heavy atom. The molecule has 7 rings (SSSR count). The molecular formula is C36H47N3O4. The molecule has 5 aliphatic rings. The van der Waals surface area contributed by atoms with Crippen molar-refractivity contribution < 1.29 is 19.7 Å². The lowest BCUT2D eigenvalue weighted by Gasteiger charge is -2.61. The second kappa shape index (κ2) is 10.8. The van der Waals surface area contributed by atoms with Crippen LogP contribution >= 0.6 is 0 Å². The van der Waals surface area contributed by atoms with E-state index in [0.717, 1.165) is 62.0 Å². The zero-order valence-electron chi connectivity index (χ0n) is 25.9. The maximum absolute atomic E-state index is 13.9. The lowest BCUT2D eigenvalue weighted by Crippen LogP contribution is -2.65. The van der Waals surface area contributed by atoms with Gasteiger partial charge in [-0.1, -0.05) is 51.0 Å². The fourth-order valence-electron chi connectivity index (χ4n) is 11.2. The van der Waals surface area contributed by atoms with Crippen LogP contribution in [0.15, 0.2) is 60.4 Å². The van der Waals surface area contributed by atoms with Crippen LogP contribution in [0.4, 0.5) is 0 Å². The minimum atomic E-state index is -1.07. The number of hydrogen-bond donors (Lipinski definition) is 2. The number of aliphatic carboxylic acids is 1. The topological polar surface area (TPSA) is 95.8 Å². The van der Waals surface area contributed by atoms with Crippen molar-refractivity contribution in [1.82, 2.24) is 14.9 Å². The second-order valence-corrected chi connectivity index (χ2v) is 14.7. The Kier molecular flexibility index (Phi) is 7.30. The molecule has 4 aliphatic carbocycles. The lowest BCUT2D eigenvalue weighted by atomic mass is 9.41. The standard InChI is InChI=1S/C36H47N3O4/c1-23(2)31-16-25-17-34(22-40)30-12-10-24(3)29(30)18-35(25,36(31,34)33(41)42)32-13-11-28(43-32)21-39(19-26-8-4-6-14-37-26)20-27-9-5-7-15-38-27/h4-9,14-16,23-25,28-30,32,40H,10-13,17-22H2,1-3H3,(H,41,42)/t24-,25?,28?,29-,30-,32?,34?,35?,36?/m1/s1. The molecule has 230 valence electrons. The SMILES string of the molecule is CC(C)C1=CC2CC3(CO)[C@@H]4CC[C@@H](C)[C@H]4CC2(C2CCC(CN(Cc4ccccn4)Cc4ccccn4)O2)C13C(=O)O. The van der Waals surface area contributed by atoms with Crippen LogP contribution in [0.3, 0.4) is 0 Å². The first-order valence-corrected chi connectivity index (χ1v) is 16.5. The van der Waals surface area contributed by atoms with Crippen LogP contribution in [0, 0.1) is 45.8 Å². The van der Waals surface area contributed by atoms with Crippen molar-refractivity contribution >= 4 is 5.97 Å². The summed E-state index contributed by atoms with van der Waals surface area (Å²) in [7, 11) is 0. The average molecular weight is 586 g/mol. The summed E-state index contributed by atoms with van der Waals surface area (Å²) < 4.78 is 7.12. The normalized spacial score (nSPS) is 39.4. The minimum absolute atomic E-state index is 0.00222. The second-order valence-electron chi connectivity index (χ2n) is 14.7. The van der Waals surface area contributed by atoms with Gasteiger partial charge < -0.3 is 14.9 Å². The fourth-order valence-corrected chi connectivity index (χ4v) is 11.2. The first kappa shape index (κ1) is 29.1. The van der Waals surface area contributed by atoms with Crippen LogP contribution in [-0.4, -0.2) is 56.4 Å². The van der Waals surface area contributed by atoms with E-state index in [1.54, 1.807) is 0 Å².